The lowest BCUT2D eigenvalue weighted by molar-refractivity contribution is -0.136. The Morgan fingerprint density at radius 1 is 1.41 bits per heavy atom. The minimum Gasteiger partial charge on any atom is -0.388 e. The summed E-state index contributed by atoms with van der Waals surface area (Å²) >= 11 is 0. The predicted molar refractivity (Wildman–Crippen MR) is 80.7 cm³/mol. The molecule has 0 bridgehead atoms. The van der Waals surface area contributed by atoms with E-state index in [-0.39, 0.29) is 30.9 Å². The lowest BCUT2D eigenvalue weighted by atomic mass is 10.1. The molecule has 5 nitrogen and oxygen atoms in total. The molecule has 122 valence electrons. The summed E-state index contributed by atoms with van der Waals surface area (Å²) < 4.78 is 18.8. The summed E-state index contributed by atoms with van der Waals surface area (Å²) in [6, 6.07) is 6.25. The molecule has 1 saturated heterocycles. The quantitative estimate of drug-likeness (QED) is 0.847. The van der Waals surface area contributed by atoms with Crippen LogP contribution in [-0.2, 0) is 16.1 Å². The normalized spacial score (nSPS) is 21.3. The number of carbonyl (C=O) groups excluding carboxylic acids is 1. The molecule has 1 aromatic rings. The highest BCUT2D eigenvalue weighted by atomic mass is 19.1. The fraction of sp³-hybridized carbons (Fsp3) is 0.562. The summed E-state index contributed by atoms with van der Waals surface area (Å²) in [4.78, 5) is 15.8. The Balaban J connectivity index is 1.93. The topological polar surface area (TPSA) is 53.0 Å². The molecule has 1 amide bonds. The molecular weight excluding hydrogens is 287 g/mol. The summed E-state index contributed by atoms with van der Waals surface area (Å²) in [6.45, 7) is 3.54. The number of nitrogens with zero attached hydrogens (tertiary/aromatic N) is 2. The van der Waals surface area contributed by atoms with Crippen molar-refractivity contribution in [2.24, 2.45) is 0 Å². The Bertz CT molecular complexity index is 512. The first-order valence-corrected chi connectivity index (χ1v) is 7.50. The van der Waals surface area contributed by atoms with Crippen LogP contribution in [0, 0.1) is 5.82 Å². The Labute approximate surface area is 130 Å². The number of hydrogen-bond acceptors (Lipinski definition) is 4. The number of benzene rings is 1. The molecule has 22 heavy (non-hydrogen) atoms. The number of halogens is 1. The van der Waals surface area contributed by atoms with Crippen LogP contribution in [0.5, 0.6) is 0 Å². The van der Waals surface area contributed by atoms with Crippen molar-refractivity contribution in [1.29, 1.82) is 0 Å². The van der Waals surface area contributed by atoms with Crippen molar-refractivity contribution in [3.8, 4) is 0 Å². The molecule has 0 saturated carbocycles. The van der Waals surface area contributed by atoms with Crippen LogP contribution in [0.25, 0.3) is 0 Å². The first-order chi connectivity index (χ1) is 10.5. The van der Waals surface area contributed by atoms with Crippen LogP contribution in [0.1, 0.15) is 12.5 Å². The van der Waals surface area contributed by atoms with Gasteiger partial charge >= 0.3 is 0 Å². The molecule has 0 aromatic heterocycles. The highest BCUT2D eigenvalue weighted by Gasteiger charge is 2.33. The van der Waals surface area contributed by atoms with Gasteiger partial charge in [-0.15, -0.1) is 0 Å². The zero-order valence-electron chi connectivity index (χ0n) is 13.0. The van der Waals surface area contributed by atoms with Crippen molar-refractivity contribution in [2.45, 2.75) is 25.6 Å². The second-order valence-electron chi connectivity index (χ2n) is 5.62. The van der Waals surface area contributed by atoms with Gasteiger partial charge in [0.15, 0.2) is 0 Å². The van der Waals surface area contributed by atoms with Gasteiger partial charge < -0.3 is 14.7 Å². The van der Waals surface area contributed by atoms with Crippen LogP contribution >= 0.6 is 0 Å². The number of ether oxygens (including phenoxy) is 1. The minimum atomic E-state index is -0.638. The standard InChI is InChI=1S/C16H23FN2O3/c1-3-19(14-10-22-11-15(14)20)16(21)9-18(2)8-12-6-4-5-7-13(12)17/h4-7,14-15,20H,3,8-11H2,1-2H3/t14-,15-/m0/s1. The molecule has 1 fully saturated rings. The molecule has 1 heterocycles. The Morgan fingerprint density at radius 3 is 2.73 bits per heavy atom. The minimum absolute atomic E-state index is 0.0871. The maximum Gasteiger partial charge on any atom is 0.237 e. The molecule has 0 unspecified atom stereocenters. The Morgan fingerprint density at radius 2 is 2.14 bits per heavy atom. The number of aliphatic hydroxyl groups is 1. The van der Waals surface area contributed by atoms with Crippen LogP contribution in [0.2, 0.25) is 0 Å². The van der Waals surface area contributed by atoms with Crippen LogP contribution in [-0.4, -0.2) is 66.3 Å². The number of rotatable bonds is 6. The maximum absolute atomic E-state index is 13.6. The van der Waals surface area contributed by atoms with Crippen molar-refractivity contribution < 1.29 is 19.0 Å². The van der Waals surface area contributed by atoms with Gasteiger partial charge in [0.1, 0.15) is 5.82 Å². The van der Waals surface area contributed by atoms with E-state index in [1.54, 1.807) is 35.0 Å². The summed E-state index contributed by atoms with van der Waals surface area (Å²) in [5.41, 5.74) is 0.560. The van der Waals surface area contributed by atoms with Gasteiger partial charge in [0.25, 0.3) is 0 Å². The van der Waals surface area contributed by atoms with Crippen LogP contribution in [0.3, 0.4) is 0 Å². The molecule has 0 spiro atoms. The Hall–Kier alpha value is -1.50. The lowest BCUT2D eigenvalue weighted by Gasteiger charge is -2.30. The molecule has 0 aliphatic carbocycles. The number of hydrogen-bond donors (Lipinski definition) is 1. The molecule has 1 aliphatic rings. The van der Waals surface area contributed by atoms with Crippen molar-refractivity contribution >= 4 is 5.91 Å². The van der Waals surface area contributed by atoms with E-state index in [4.69, 9.17) is 4.74 Å². The van der Waals surface area contributed by atoms with Crippen molar-refractivity contribution in [1.82, 2.24) is 9.80 Å². The monoisotopic (exact) mass is 310 g/mol. The average Bonchev–Trinajstić information content (AvgIpc) is 2.88. The van der Waals surface area contributed by atoms with Gasteiger partial charge in [-0.25, -0.2) is 4.39 Å². The van der Waals surface area contributed by atoms with Gasteiger partial charge in [0.05, 0.1) is 31.9 Å². The molecule has 1 aliphatic heterocycles. The number of likely N-dealkylation sites (N-methyl/N-ethyl adjacent to an activating group) is 2. The zero-order valence-corrected chi connectivity index (χ0v) is 13.0. The third-order valence-corrected chi connectivity index (χ3v) is 3.89. The second-order valence-corrected chi connectivity index (χ2v) is 5.62. The zero-order chi connectivity index (χ0) is 16.1. The van der Waals surface area contributed by atoms with Crippen molar-refractivity contribution in [2.75, 3.05) is 33.4 Å². The van der Waals surface area contributed by atoms with Crippen molar-refractivity contribution in [3.63, 3.8) is 0 Å². The summed E-state index contributed by atoms with van der Waals surface area (Å²) in [7, 11) is 1.78. The number of amides is 1. The first kappa shape index (κ1) is 16.9. The third kappa shape index (κ3) is 4.03. The highest BCUT2D eigenvalue weighted by molar-refractivity contribution is 5.78. The number of aliphatic hydroxyl groups excluding tert-OH is 1. The van der Waals surface area contributed by atoms with E-state index in [0.29, 0.717) is 25.3 Å². The fourth-order valence-electron chi connectivity index (χ4n) is 2.72. The largest absolute Gasteiger partial charge is 0.388 e. The van der Waals surface area contributed by atoms with Gasteiger partial charge in [-0.05, 0) is 20.0 Å². The summed E-state index contributed by atoms with van der Waals surface area (Å²) in [5.74, 6) is -0.357. The highest BCUT2D eigenvalue weighted by Crippen LogP contribution is 2.14. The second kappa shape index (κ2) is 7.67. The molecule has 2 atom stereocenters. The van der Waals surface area contributed by atoms with Crippen molar-refractivity contribution in [3.05, 3.63) is 35.6 Å². The molecule has 0 radical (unpaired) electrons. The van der Waals surface area contributed by atoms with Gasteiger partial charge in [-0.3, -0.25) is 9.69 Å². The van der Waals surface area contributed by atoms with E-state index in [9.17, 15) is 14.3 Å². The van der Waals surface area contributed by atoms with Gasteiger partial charge in [0, 0.05) is 18.7 Å². The summed E-state index contributed by atoms with van der Waals surface area (Å²) in [6.07, 6.45) is -0.638. The molecule has 1 N–H and O–H groups in total. The fourth-order valence-corrected chi connectivity index (χ4v) is 2.72. The van der Waals surface area contributed by atoms with Gasteiger partial charge in [0.2, 0.25) is 5.91 Å². The average molecular weight is 310 g/mol. The van der Waals surface area contributed by atoms with E-state index in [0.717, 1.165) is 0 Å². The summed E-state index contributed by atoms with van der Waals surface area (Å²) in [5, 5.41) is 9.86. The van der Waals surface area contributed by atoms with Crippen LogP contribution < -0.4 is 0 Å². The SMILES string of the molecule is CCN(C(=O)CN(C)Cc1ccccc1F)[C@H]1COC[C@@H]1O. The predicted octanol–water partition coefficient (Wildman–Crippen LogP) is 0.866. The lowest BCUT2D eigenvalue weighted by Crippen LogP contribution is -2.49. The number of carbonyl (C=O) groups is 1. The molecule has 6 heteroatoms. The van der Waals surface area contributed by atoms with E-state index < -0.39 is 6.10 Å². The molecule has 1 aromatic carbocycles. The van der Waals surface area contributed by atoms with Crippen LogP contribution in [0.15, 0.2) is 24.3 Å². The third-order valence-electron chi connectivity index (χ3n) is 3.89. The smallest absolute Gasteiger partial charge is 0.237 e. The van der Waals surface area contributed by atoms with Gasteiger partial charge in [-0.2, -0.15) is 0 Å². The maximum atomic E-state index is 13.6. The van der Waals surface area contributed by atoms with Gasteiger partial charge in [-0.1, -0.05) is 18.2 Å². The Kier molecular flexibility index (Phi) is 5.88. The van der Waals surface area contributed by atoms with Crippen LogP contribution in [0.4, 0.5) is 4.39 Å². The molecular formula is C16H23FN2O3. The van der Waals surface area contributed by atoms with E-state index in [1.165, 1.54) is 6.07 Å². The first-order valence-electron chi connectivity index (χ1n) is 7.50. The van der Waals surface area contributed by atoms with E-state index >= 15 is 0 Å². The molecule has 2 rings (SSSR count). The van der Waals surface area contributed by atoms with E-state index in [2.05, 4.69) is 0 Å². The van der Waals surface area contributed by atoms with E-state index in [1.807, 2.05) is 6.92 Å².